The number of aromatic nitrogens is 6. The summed E-state index contributed by atoms with van der Waals surface area (Å²) in [5.41, 5.74) is 5.33. The number of carbonyl (C=O) groups is 1. The molecule has 2 aliphatic heterocycles. The molecule has 0 unspecified atom stereocenters. The topological polar surface area (TPSA) is 121 Å². The summed E-state index contributed by atoms with van der Waals surface area (Å²) < 4.78 is 31.1. The van der Waals surface area contributed by atoms with Crippen LogP contribution in [0.25, 0.3) is 44.5 Å². The van der Waals surface area contributed by atoms with Crippen LogP contribution in [0.15, 0.2) is 41.5 Å². The zero-order valence-corrected chi connectivity index (χ0v) is 23.0. The van der Waals surface area contributed by atoms with Crippen LogP contribution in [0.5, 0.6) is 0 Å². The number of benzene rings is 1. The number of aryl methyl sites for hydroxylation is 3. The first kappa shape index (κ1) is 25.5. The lowest BCUT2D eigenvalue weighted by Gasteiger charge is -2.20. The third-order valence-electron chi connectivity index (χ3n) is 8.44. The highest BCUT2D eigenvalue weighted by molar-refractivity contribution is 6.14. The molecule has 3 atom stereocenters. The van der Waals surface area contributed by atoms with Crippen LogP contribution >= 0.6 is 0 Å². The van der Waals surface area contributed by atoms with Gasteiger partial charge in [0.15, 0.2) is 0 Å². The molecule has 11 nitrogen and oxygen atoms in total. The van der Waals surface area contributed by atoms with Crippen molar-refractivity contribution in [3.8, 4) is 22.4 Å². The number of halogens is 1. The standard InChI is InChI=1S/C29H30FN7O4/c1-35-14-18(26(30)34-35)24-22-16-8-6-15(7-9-16)5-4-10-41-21-12-17(11-19(21)32-28(38)40-3)37-25-20(36(2)29(37)39)13-31-27(33-24)23(22)25/h6-9,13-14,17,19,21H,4-5,10-12H2,1-3H3,(H,31,33)(H,32,38)/t17-,19-,21+/m0/s1. The molecule has 4 bridgehead atoms. The quantitative estimate of drug-likeness (QED) is 0.339. The molecule has 1 fully saturated rings. The van der Waals surface area contributed by atoms with Crippen LogP contribution < -0.4 is 11.0 Å². The maximum absolute atomic E-state index is 15.1. The van der Waals surface area contributed by atoms with E-state index < -0.39 is 12.0 Å². The van der Waals surface area contributed by atoms with Crippen molar-refractivity contribution in [1.29, 1.82) is 0 Å². The number of imidazole rings is 1. The number of amides is 1. The van der Waals surface area contributed by atoms with Crippen LogP contribution in [-0.4, -0.2) is 60.8 Å². The molecule has 0 saturated heterocycles. The fourth-order valence-corrected chi connectivity index (χ4v) is 6.52. The summed E-state index contributed by atoms with van der Waals surface area (Å²) in [6.07, 6.45) is 5.11. The third kappa shape index (κ3) is 4.04. The van der Waals surface area contributed by atoms with Crippen molar-refractivity contribution in [2.45, 2.75) is 43.9 Å². The minimum absolute atomic E-state index is 0.197. The molecule has 6 heterocycles. The Balaban J connectivity index is 1.54. The van der Waals surface area contributed by atoms with E-state index in [-0.39, 0.29) is 23.9 Å². The second-order valence-corrected chi connectivity index (χ2v) is 10.9. The summed E-state index contributed by atoms with van der Waals surface area (Å²) in [6.45, 7) is 0.516. The van der Waals surface area contributed by atoms with Crippen LogP contribution in [0.3, 0.4) is 0 Å². The normalized spacial score (nSPS) is 20.5. The molecule has 12 heteroatoms. The predicted octanol–water partition coefficient (Wildman–Crippen LogP) is 3.81. The van der Waals surface area contributed by atoms with Crippen molar-refractivity contribution in [2.24, 2.45) is 14.1 Å². The van der Waals surface area contributed by atoms with Crippen molar-refractivity contribution < 1.29 is 18.7 Å². The molecule has 1 aliphatic carbocycles. The lowest BCUT2D eigenvalue weighted by Crippen LogP contribution is -2.41. The molecule has 1 aromatic carbocycles. The molecule has 1 amide bonds. The Morgan fingerprint density at radius 1 is 1.22 bits per heavy atom. The van der Waals surface area contributed by atoms with E-state index in [1.807, 2.05) is 12.1 Å². The highest BCUT2D eigenvalue weighted by Crippen LogP contribution is 2.43. The Hall–Kier alpha value is -4.45. The van der Waals surface area contributed by atoms with Gasteiger partial charge in [-0.3, -0.25) is 13.8 Å². The van der Waals surface area contributed by atoms with Gasteiger partial charge in [0.1, 0.15) is 5.65 Å². The van der Waals surface area contributed by atoms with Gasteiger partial charge in [-0.15, -0.1) is 5.10 Å². The highest BCUT2D eigenvalue weighted by atomic mass is 19.1. The first-order valence-corrected chi connectivity index (χ1v) is 13.7. The number of fused-ring (bicyclic) bond motifs is 5. The molecule has 4 aromatic heterocycles. The maximum Gasteiger partial charge on any atom is 0.407 e. The van der Waals surface area contributed by atoms with Gasteiger partial charge in [0, 0.05) is 38.5 Å². The Labute approximate surface area is 233 Å². The Morgan fingerprint density at radius 2 is 2.02 bits per heavy atom. The maximum atomic E-state index is 15.1. The zero-order valence-electron chi connectivity index (χ0n) is 23.0. The van der Waals surface area contributed by atoms with Crippen molar-refractivity contribution in [1.82, 2.24) is 34.2 Å². The van der Waals surface area contributed by atoms with E-state index in [0.717, 1.165) is 34.9 Å². The molecule has 0 spiro atoms. The first-order chi connectivity index (χ1) is 19.8. The molecule has 212 valence electrons. The number of carbonyl (C=O) groups excluding carboxylic acids is 1. The van der Waals surface area contributed by atoms with Gasteiger partial charge in [0.25, 0.3) is 0 Å². The van der Waals surface area contributed by atoms with Crippen molar-refractivity contribution in [3.05, 3.63) is 58.7 Å². The van der Waals surface area contributed by atoms with Crippen LogP contribution in [0.1, 0.15) is 30.9 Å². The molecule has 0 radical (unpaired) electrons. The molecule has 2 N–H and O–H groups in total. The van der Waals surface area contributed by atoms with Gasteiger partial charge in [-0.2, -0.15) is 4.39 Å². The van der Waals surface area contributed by atoms with Crippen molar-refractivity contribution in [3.63, 3.8) is 0 Å². The number of ether oxygens (including phenoxy) is 2. The predicted molar refractivity (Wildman–Crippen MR) is 150 cm³/mol. The van der Waals surface area contributed by atoms with E-state index >= 15 is 4.39 Å². The fraction of sp³-hybridized carbons (Fsp3) is 0.379. The Bertz CT molecular complexity index is 1870. The molecular formula is C29H30FN7O4. The van der Waals surface area contributed by atoms with Crippen molar-refractivity contribution in [2.75, 3.05) is 13.7 Å². The number of nitrogens with zero attached hydrogens (tertiary/aromatic N) is 5. The van der Waals surface area contributed by atoms with Gasteiger partial charge in [-0.05, 0) is 36.8 Å². The molecule has 1 saturated carbocycles. The van der Waals surface area contributed by atoms with E-state index in [2.05, 4.69) is 32.5 Å². The number of methoxy groups -OCH3 is 1. The number of H-pyrrole nitrogens is 1. The van der Waals surface area contributed by atoms with Crippen LogP contribution in [0, 0.1) is 5.95 Å². The molecule has 5 aromatic rings. The van der Waals surface area contributed by atoms with Crippen molar-refractivity contribution >= 4 is 28.2 Å². The van der Waals surface area contributed by atoms with E-state index in [4.69, 9.17) is 9.47 Å². The number of pyridine rings is 1. The van der Waals surface area contributed by atoms with Gasteiger partial charge in [-0.1, -0.05) is 24.3 Å². The summed E-state index contributed by atoms with van der Waals surface area (Å²) in [5.74, 6) is -0.600. The number of hydrogen-bond donors (Lipinski definition) is 2. The van der Waals surface area contributed by atoms with Crippen LogP contribution in [-0.2, 0) is 30.0 Å². The SMILES string of the molecule is COC(=O)N[C@H]1C[C@H]2C[C@H]1OCCCc1ccc(cc1)-c1c(-c3cn(C)nc3F)[nH]c3ncc4c(c13)n2c(=O)n4C. The number of rotatable bonds is 2. The first-order valence-electron chi connectivity index (χ1n) is 13.7. The van der Waals surface area contributed by atoms with E-state index in [1.54, 1.807) is 35.6 Å². The average Bonchev–Trinajstić information content (AvgIpc) is 3.69. The smallest absolute Gasteiger partial charge is 0.407 e. The second kappa shape index (κ2) is 9.58. The van der Waals surface area contributed by atoms with Crippen LogP contribution in [0.2, 0.25) is 0 Å². The molecular weight excluding hydrogens is 529 g/mol. The fourth-order valence-electron chi connectivity index (χ4n) is 6.52. The summed E-state index contributed by atoms with van der Waals surface area (Å²) >= 11 is 0. The lowest BCUT2D eigenvalue weighted by atomic mass is 9.97. The number of hydrogen-bond acceptors (Lipinski definition) is 6. The minimum Gasteiger partial charge on any atom is -0.453 e. The summed E-state index contributed by atoms with van der Waals surface area (Å²) in [7, 11) is 4.73. The average molecular weight is 560 g/mol. The lowest BCUT2D eigenvalue weighted by molar-refractivity contribution is 0.0364. The summed E-state index contributed by atoms with van der Waals surface area (Å²) in [6, 6.07) is 7.60. The van der Waals surface area contributed by atoms with Gasteiger partial charge in [0.05, 0.1) is 53.1 Å². The molecule has 41 heavy (non-hydrogen) atoms. The minimum atomic E-state index is -0.600. The monoisotopic (exact) mass is 559 g/mol. The van der Waals surface area contributed by atoms with E-state index in [0.29, 0.717) is 47.4 Å². The number of aromatic amines is 1. The van der Waals surface area contributed by atoms with Gasteiger partial charge in [-0.25, -0.2) is 14.6 Å². The van der Waals surface area contributed by atoms with E-state index in [9.17, 15) is 9.59 Å². The van der Waals surface area contributed by atoms with Gasteiger partial charge in [0.2, 0.25) is 5.95 Å². The zero-order chi connectivity index (χ0) is 28.4. The molecule has 3 aliphatic rings. The summed E-state index contributed by atoms with van der Waals surface area (Å²) in [5, 5.41) is 7.58. The summed E-state index contributed by atoms with van der Waals surface area (Å²) in [4.78, 5) is 34.1. The Kier molecular flexibility index (Phi) is 5.96. The number of alkyl carbamates (subject to hydrolysis) is 1. The third-order valence-corrected chi connectivity index (χ3v) is 8.44. The van der Waals surface area contributed by atoms with Crippen LogP contribution in [0.4, 0.5) is 9.18 Å². The Morgan fingerprint density at radius 3 is 2.76 bits per heavy atom. The second-order valence-electron chi connectivity index (χ2n) is 10.9. The molecule has 8 rings (SSSR count). The van der Waals surface area contributed by atoms with E-state index in [1.165, 1.54) is 11.8 Å². The highest BCUT2D eigenvalue weighted by Gasteiger charge is 2.39. The van der Waals surface area contributed by atoms with Gasteiger partial charge >= 0.3 is 11.8 Å². The number of nitrogens with one attached hydrogen (secondary N) is 2. The largest absolute Gasteiger partial charge is 0.453 e. The van der Waals surface area contributed by atoms with Gasteiger partial charge < -0.3 is 19.8 Å².